The van der Waals surface area contributed by atoms with E-state index in [1.165, 1.54) is 35.5 Å². The van der Waals surface area contributed by atoms with Crippen LogP contribution in [0.5, 0.6) is 5.75 Å². The van der Waals surface area contributed by atoms with Crippen LogP contribution in [0, 0.1) is 0 Å². The average molecular weight is 398 g/mol. The van der Waals surface area contributed by atoms with E-state index in [2.05, 4.69) is 15.0 Å². The summed E-state index contributed by atoms with van der Waals surface area (Å²) in [6.45, 7) is 1.17. The predicted octanol–water partition coefficient (Wildman–Crippen LogP) is 1.85. The number of hydrogen-bond acceptors (Lipinski definition) is 6. The van der Waals surface area contributed by atoms with Crippen LogP contribution in [-0.2, 0) is 11.3 Å². The van der Waals surface area contributed by atoms with E-state index in [1.807, 2.05) is 24.3 Å². The highest BCUT2D eigenvalue weighted by Gasteiger charge is 2.32. The highest BCUT2D eigenvalue weighted by Crippen LogP contribution is 2.16. The van der Waals surface area contributed by atoms with Gasteiger partial charge in [0.25, 0.3) is 5.91 Å². The second kappa shape index (κ2) is 9.05. The fraction of sp³-hybridized carbons (Fsp3) is 0.300. The van der Waals surface area contributed by atoms with Gasteiger partial charge in [-0.1, -0.05) is 12.1 Å². The molecule has 9 heteroatoms. The molecular weight excluding hydrogens is 376 g/mol. The number of nitrogens with one attached hydrogen (secondary N) is 1. The summed E-state index contributed by atoms with van der Waals surface area (Å²) in [7, 11) is 2.86. The van der Waals surface area contributed by atoms with Crippen molar-refractivity contribution in [3.05, 3.63) is 59.4 Å². The number of amides is 3. The largest absolute Gasteiger partial charge is 0.497 e. The lowest BCUT2D eigenvalue weighted by Gasteiger charge is -2.27. The van der Waals surface area contributed by atoms with E-state index in [0.29, 0.717) is 26.1 Å². The average Bonchev–Trinajstić information content (AvgIpc) is 3.27. The van der Waals surface area contributed by atoms with Crippen LogP contribution in [-0.4, -0.2) is 60.2 Å². The Hall–Kier alpha value is -3.62. The molecule has 152 valence electrons. The molecule has 3 amide bonds. The summed E-state index contributed by atoms with van der Waals surface area (Å²) >= 11 is 0. The number of benzene rings is 1. The number of hydrazine groups is 1. The van der Waals surface area contributed by atoms with E-state index in [9.17, 15) is 14.4 Å². The van der Waals surface area contributed by atoms with Crippen molar-refractivity contribution in [2.24, 2.45) is 0 Å². The minimum atomic E-state index is -0.530. The standard InChI is InChI=1S/C20H22N4O5/c1-28-16-7-4-14(5-8-16)12-22-20(27)24-11-3-10-23(24)18(25)17-9-6-15(13-21-17)19(26)29-2/h4-9,13H,3,10-12H2,1-2H3,(H,22,27). The van der Waals surface area contributed by atoms with E-state index in [1.54, 1.807) is 7.11 Å². The number of carbonyl (C=O) groups excluding carboxylic acids is 3. The van der Waals surface area contributed by atoms with E-state index in [4.69, 9.17) is 4.74 Å². The lowest BCUT2D eigenvalue weighted by molar-refractivity contribution is 0.0370. The van der Waals surface area contributed by atoms with Crippen LogP contribution in [0.3, 0.4) is 0 Å². The Balaban J connectivity index is 1.62. The van der Waals surface area contributed by atoms with Crippen LogP contribution < -0.4 is 10.1 Å². The van der Waals surface area contributed by atoms with Gasteiger partial charge in [-0.15, -0.1) is 0 Å². The fourth-order valence-electron chi connectivity index (χ4n) is 2.94. The van der Waals surface area contributed by atoms with Gasteiger partial charge < -0.3 is 14.8 Å². The zero-order chi connectivity index (χ0) is 20.8. The Morgan fingerprint density at radius 1 is 1.03 bits per heavy atom. The molecule has 0 spiro atoms. The number of methoxy groups -OCH3 is 2. The molecule has 1 N–H and O–H groups in total. The smallest absolute Gasteiger partial charge is 0.339 e. The summed E-state index contributed by atoms with van der Waals surface area (Å²) in [5.41, 5.74) is 1.31. The van der Waals surface area contributed by atoms with Gasteiger partial charge in [-0.25, -0.2) is 19.6 Å². The first-order valence-corrected chi connectivity index (χ1v) is 9.08. The minimum absolute atomic E-state index is 0.146. The van der Waals surface area contributed by atoms with Crippen molar-refractivity contribution in [3.63, 3.8) is 0 Å². The Morgan fingerprint density at radius 2 is 1.76 bits per heavy atom. The van der Waals surface area contributed by atoms with Gasteiger partial charge in [-0.05, 0) is 36.2 Å². The predicted molar refractivity (Wildman–Crippen MR) is 103 cm³/mol. The lowest BCUT2D eigenvalue weighted by atomic mass is 10.2. The molecule has 29 heavy (non-hydrogen) atoms. The van der Waals surface area contributed by atoms with Crippen molar-refractivity contribution < 1.29 is 23.9 Å². The molecule has 1 aliphatic heterocycles. The number of ether oxygens (including phenoxy) is 2. The molecule has 0 aliphatic carbocycles. The summed E-state index contributed by atoms with van der Waals surface area (Å²) in [6, 6.07) is 9.90. The Labute approximate surface area is 168 Å². The van der Waals surface area contributed by atoms with Gasteiger partial charge in [0.2, 0.25) is 0 Å². The molecule has 2 aromatic rings. The molecule has 0 unspecified atom stereocenters. The molecule has 9 nitrogen and oxygen atoms in total. The third-order valence-electron chi connectivity index (χ3n) is 4.51. The maximum Gasteiger partial charge on any atom is 0.339 e. The number of hydrogen-bond donors (Lipinski definition) is 1. The van der Waals surface area contributed by atoms with E-state index in [0.717, 1.165) is 11.3 Å². The summed E-state index contributed by atoms with van der Waals surface area (Å²) in [4.78, 5) is 40.9. The third kappa shape index (κ3) is 4.63. The molecule has 2 heterocycles. The number of rotatable bonds is 5. The second-order valence-electron chi connectivity index (χ2n) is 6.34. The number of pyridine rings is 1. The zero-order valence-corrected chi connectivity index (χ0v) is 16.3. The van der Waals surface area contributed by atoms with Crippen LogP contribution in [0.1, 0.15) is 32.8 Å². The van der Waals surface area contributed by atoms with Gasteiger partial charge in [0, 0.05) is 25.8 Å². The molecule has 1 aromatic carbocycles. The summed E-state index contributed by atoms with van der Waals surface area (Å²) in [5.74, 6) is -0.196. The van der Waals surface area contributed by atoms with Crippen molar-refractivity contribution in [2.45, 2.75) is 13.0 Å². The van der Waals surface area contributed by atoms with Crippen LogP contribution in [0.2, 0.25) is 0 Å². The summed E-state index contributed by atoms with van der Waals surface area (Å²) in [6.07, 6.45) is 1.95. The van der Waals surface area contributed by atoms with E-state index in [-0.39, 0.29) is 17.3 Å². The van der Waals surface area contributed by atoms with Crippen molar-refractivity contribution in [1.29, 1.82) is 0 Å². The topological polar surface area (TPSA) is 101 Å². The third-order valence-corrected chi connectivity index (χ3v) is 4.51. The SMILES string of the molecule is COC(=O)c1ccc(C(=O)N2CCCN2C(=O)NCc2ccc(OC)cc2)nc1. The fourth-order valence-corrected chi connectivity index (χ4v) is 2.94. The number of carbonyl (C=O) groups is 3. The highest BCUT2D eigenvalue weighted by atomic mass is 16.5. The zero-order valence-electron chi connectivity index (χ0n) is 16.3. The Kier molecular flexibility index (Phi) is 6.28. The normalized spacial score (nSPS) is 13.2. The molecule has 0 saturated carbocycles. The van der Waals surface area contributed by atoms with Gasteiger partial charge in [-0.2, -0.15) is 0 Å². The molecular formula is C20H22N4O5. The highest BCUT2D eigenvalue weighted by molar-refractivity contribution is 5.95. The van der Waals surface area contributed by atoms with Gasteiger partial charge in [0.1, 0.15) is 11.4 Å². The molecule has 0 atom stereocenters. The van der Waals surface area contributed by atoms with E-state index >= 15 is 0 Å². The number of esters is 1. The summed E-state index contributed by atoms with van der Waals surface area (Å²) < 4.78 is 9.73. The van der Waals surface area contributed by atoms with Gasteiger partial charge >= 0.3 is 12.0 Å². The first-order chi connectivity index (χ1) is 14.0. The van der Waals surface area contributed by atoms with E-state index < -0.39 is 11.9 Å². The Bertz CT molecular complexity index is 883. The lowest BCUT2D eigenvalue weighted by Crippen LogP contribution is -2.49. The number of aromatic nitrogens is 1. The molecule has 0 bridgehead atoms. The van der Waals surface area contributed by atoms with Crippen LogP contribution in [0.15, 0.2) is 42.6 Å². The molecule has 1 aromatic heterocycles. The van der Waals surface area contributed by atoms with Crippen LogP contribution >= 0.6 is 0 Å². The first kappa shape index (κ1) is 20.1. The number of urea groups is 1. The van der Waals surface area contributed by atoms with Crippen LogP contribution in [0.4, 0.5) is 4.79 Å². The van der Waals surface area contributed by atoms with Crippen molar-refractivity contribution in [3.8, 4) is 5.75 Å². The summed E-state index contributed by atoms with van der Waals surface area (Å²) in [5, 5.41) is 5.56. The van der Waals surface area contributed by atoms with Gasteiger partial charge in [0.05, 0.1) is 19.8 Å². The number of nitrogens with zero attached hydrogens (tertiary/aromatic N) is 3. The molecule has 3 rings (SSSR count). The minimum Gasteiger partial charge on any atom is -0.497 e. The maximum atomic E-state index is 12.8. The first-order valence-electron chi connectivity index (χ1n) is 9.08. The van der Waals surface area contributed by atoms with Crippen molar-refractivity contribution >= 4 is 17.9 Å². The second-order valence-corrected chi connectivity index (χ2v) is 6.34. The molecule has 1 fully saturated rings. The molecule has 1 aliphatic rings. The van der Waals surface area contributed by atoms with Gasteiger partial charge in [0.15, 0.2) is 0 Å². The monoisotopic (exact) mass is 398 g/mol. The van der Waals surface area contributed by atoms with Gasteiger partial charge in [-0.3, -0.25) is 9.78 Å². The van der Waals surface area contributed by atoms with Crippen molar-refractivity contribution in [1.82, 2.24) is 20.3 Å². The van der Waals surface area contributed by atoms with Crippen molar-refractivity contribution in [2.75, 3.05) is 27.3 Å². The van der Waals surface area contributed by atoms with Crippen LogP contribution in [0.25, 0.3) is 0 Å². The molecule has 1 saturated heterocycles. The molecule has 0 radical (unpaired) electrons. The Morgan fingerprint density at radius 3 is 2.38 bits per heavy atom. The quantitative estimate of drug-likeness (QED) is 0.772. The maximum absolute atomic E-state index is 12.8.